The summed E-state index contributed by atoms with van der Waals surface area (Å²) >= 11 is 0. The molecular formula is C29H25F7N4O. The van der Waals surface area contributed by atoms with Crippen LogP contribution >= 0.6 is 0 Å². The number of benzene rings is 3. The van der Waals surface area contributed by atoms with E-state index in [4.69, 9.17) is 0 Å². The molecule has 2 heterocycles. The maximum Gasteiger partial charge on any atom is 0.416 e. The molecule has 5 rings (SSSR count). The number of carbonyl (C=O) groups is 1. The molecular weight excluding hydrogens is 553 g/mol. The van der Waals surface area contributed by atoms with Gasteiger partial charge in [0.25, 0.3) is 5.91 Å². The fourth-order valence-electron chi connectivity index (χ4n) is 4.92. The number of nitrogens with zero attached hydrogens (tertiary/aromatic N) is 2. The van der Waals surface area contributed by atoms with Gasteiger partial charge in [0.2, 0.25) is 0 Å². The molecule has 1 saturated heterocycles. The van der Waals surface area contributed by atoms with Crippen LogP contribution in [0.4, 0.5) is 42.1 Å². The largest absolute Gasteiger partial charge is 0.416 e. The summed E-state index contributed by atoms with van der Waals surface area (Å²) in [5.74, 6) is -2.06. The molecule has 0 unspecified atom stereocenters. The molecule has 1 aliphatic rings. The average Bonchev–Trinajstić information content (AvgIpc) is 3.33. The Morgan fingerprint density at radius 1 is 0.854 bits per heavy atom. The minimum absolute atomic E-state index is 0.301. The Kier molecular flexibility index (Phi) is 7.69. The highest BCUT2D eigenvalue weighted by Crippen LogP contribution is 2.33. The topological polar surface area (TPSA) is 51.4 Å². The normalized spacial score (nSPS) is 15.0. The first-order chi connectivity index (χ1) is 19.4. The third-order valence-corrected chi connectivity index (χ3v) is 7.17. The van der Waals surface area contributed by atoms with Gasteiger partial charge in [0, 0.05) is 61.2 Å². The summed E-state index contributed by atoms with van der Waals surface area (Å²) < 4.78 is 92.5. The van der Waals surface area contributed by atoms with E-state index in [9.17, 15) is 35.5 Å². The number of nitrogens with one attached hydrogen (secondary N) is 2. The third kappa shape index (κ3) is 6.48. The van der Waals surface area contributed by atoms with Crippen LogP contribution in [-0.2, 0) is 18.8 Å². The van der Waals surface area contributed by atoms with E-state index < -0.39 is 40.8 Å². The van der Waals surface area contributed by atoms with Gasteiger partial charge in [0.15, 0.2) is 0 Å². The maximum atomic E-state index is 14.2. The lowest BCUT2D eigenvalue weighted by Gasteiger charge is -2.36. The predicted molar refractivity (Wildman–Crippen MR) is 141 cm³/mol. The summed E-state index contributed by atoms with van der Waals surface area (Å²) in [6.45, 7) is 3.19. The number of fused-ring (bicyclic) bond motifs is 1. The van der Waals surface area contributed by atoms with Crippen LogP contribution in [-0.4, -0.2) is 48.5 Å². The van der Waals surface area contributed by atoms with Crippen LogP contribution in [0.15, 0.2) is 66.9 Å². The Bertz CT molecular complexity index is 1550. The molecule has 0 bridgehead atoms. The number of piperazine rings is 1. The molecule has 0 atom stereocenters. The lowest BCUT2D eigenvalue weighted by atomic mass is 10.1. The van der Waals surface area contributed by atoms with Crippen molar-refractivity contribution in [3.8, 4) is 0 Å². The van der Waals surface area contributed by atoms with Crippen LogP contribution in [0, 0.1) is 5.82 Å². The molecule has 1 fully saturated rings. The van der Waals surface area contributed by atoms with E-state index >= 15 is 0 Å². The van der Waals surface area contributed by atoms with Crippen molar-refractivity contribution in [3.63, 3.8) is 0 Å². The molecule has 216 valence electrons. The molecule has 1 aromatic heterocycles. The van der Waals surface area contributed by atoms with E-state index in [1.807, 2.05) is 11.1 Å². The van der Waals surface area contributed by atoms with Gasteiger partial charge in [-0.25, -0.2) is 4.39 Å². The summed E-state index contributed by atoms with van der Waals surface area (Å²) in [7, 11) is 0. The van der Waals surface area contributed by atoms with Gasteiger partial charge in [0.1, 0.15) is 5.82 Å². The minimum atomic E-state index is -4.72. The average molecular weight is 579 g/mol. The number of halogens is 7. The number of H-pyrrole nitrogens is 1. The van der Waals surface area contributed by atoms with Crippen molar-refractivity contribution in [2.75, 3.05) is 42.9 Å². The summed E-state index contributed by atoms with van der Waals surface area (Å²) in [4.78, 5) is 19.9. The van der Waals surface area contributed by atoms with Crippen LogP contribution in [0.25, 0.3) is 10.9 Å². The van der Waals surface area contributed by atoms with E-state index in [-0.39, 0.29) is 0 Å². The highest BCUT2D eigenvalue weighted by Gasteiger charge is 2.32. The highest BCUT2D eigenvalue weighted by atomic mass is 19.4. The second-order valence-corrected chi connectivity index (χ2v) is 9.85. The van der Waals surface area contributed by atoms with E-state index in [1.54, 1.807) is 24.3 Å². The van der Waals surface area contributed by atoms with Gasteiger partial charge >= 0.3 is 12.4 Å². The third-order valence-electron chi connectivity index (χ3n) is 7.17. The first kappa shape index (κ1) is 28.5. The molecule has 0 saturated carbocycles. The summed E-state index contributed by atoms with van der Waals surface area (Å²) in [6, 6.07) is 11.9. The molecule has 2 N–H and O–H groups in total. The lowest BCUT2D eigenvalue weighted by Crippen LogP contribution is -2.47. The number of amides is 1. The Morgan fingerprint density at radius 3 is 2.27 bits per heavy atom. The monoisotopic (exact) mass is 578 g/mol. The maximum absolute atomic E-state index is 14.2. The smallest absolute Gasteiger partial charge is 0.369 e. The Morgan fingerprint density at radius 2 is 1.56 bits per heavy atom. The van der Waals surface area contributed by atoms with Crippen molar-refractivity contribution in [3.05, 3.63) is 94.9 Å². The molecule has 3 aromatic carbocycles. The zero-order chi connectivity index (χ0) is 29.4. The molecule has 0 radical (unpaired) electrons. The number of alkyl halides is 6. The fraction of sp³-hybridized carbons (Fsp3) is 0.276. The molecule has 5 nitrogen and oxygen atoms in total. The number of aromatic nitrogens is 1. The van der Waals surface area contributed by atoms with E-state index in [1.165, 1.54) is 12.1 Å². The zero-order valence-electron chi connectivity index (χ0n) is 21.5. The molecule has 1 aliphatic heterocycles. The number of aromatic amines is 1. The van der Waals surface area contributed by atoms with Crippen LogP contribution < -0.4 is 10.2 Å². The predicted octanol–water partition coefficient (Wildman–Crippen LogP) is 6.96. The van der Waals surface area contributed by atoms with Crippen molar-refractivity contribution in [2.45, 2.75) is 18.8 Å². The lowest BCUT2D eigenvalue weighted by molar-refractivity contribution is -0.138. The van der Waals surface area contributed by atoms with Crippen LogP contribution in [0.2, 0.25) is 0 Å². The van der Waals surface area contributed by atoms with Gasteiger partial charge in [-0.15, -0.1) is 0 Å². The summed E-state index contributed by atoms with van der Waals surface area (Å²) in [6.07, 6.45) is -6.63. The van der Waals surface area contributed by atoms with E-state index in [0.717, 1.165) is 22.5 Å². The van der Waals surface area contributed by atoms with Gasteiger partial charge in [-0.2, -0.15) is 26.3 Å². The standard InChI is InChI=1S/C29H25F7N4O/c30-25-6-4-20(29(34,35)36)15-24(25)27(41)38-21-5-7-26-23(16-21)18(17-37-26)8-9-39-10-12-40(13-11-39)22-3-1-2-19(14-22)28(31,32)33/h1-7,14-17,37H,8-13H2,(H,38,41). The van der Waals surface area contributed by atoms with E-state index in [0.29, 0.717) is 68.7 Å². The van der Waals surface area contributed by atoms with Gasteiger partial charge < -0.3 is 15.2 Å². The molecule has 0 aliphatic carbocycles. The zero-order valence-corrected chi connectivity index (χ0v) is 21.5. The molecule has 41 heavy (non-hydrogen) atoms. The Hall–Kier alpha value is -4.06. The molecule has 12 heteroatoms. The Labute approximate surface area is 230 Å². The van der Waals surface area contributed by atoms with Crippen LogP contribution in [0.1, 0.15) is 27.0 Å². The van der Waals surface area contributed by atoms with Gasteiger partial charge in [-0.3, -0.25) is 9.69 Å². The van der Waals surface area contributed by atoms with Crippen molar-refractivity contribution < 1.29 is 35.5 Å². The van der Waals surface area contributed by atoms with Gasteiger partial charge in [0.05, 0.1) is 16.7 Å². The van der Waals surface area contributed by atoms with Crippen molar-refractivity contribution in [2.24, 2.45) is 0 Å². The van der Waals surface area contributed by atoms with Crippen molar-refractivity contribution in [1.29, 1.82) is 0 Å². The minimum Gasteiger partial charge on any atom is -0.369 e. The molecule has 4 aromatic rings. The number of carbonyl (C=O) groups excluding carboxylic acids is 1. The van der Waals surface area contributed by atoms with Gasteiger partial charge in [-0.1, -0.05) is 6.07 Å². The first-order valence-electron chi connectivity index (χ1n) is 12.8. The summed E-state index contributed by atoms with van der Waals surface area (Å²) in [5, 5.41) is 3.28. The number of hydrogen-bond acceptors (Lipinski definition) is 3. The van der Waals surface area contributed by atoms with Crippen molar-refractivity contribution in [1.82, 2.24) is 9.88 Å². The van der Waals surface area contributed by atoms with Crippen LogP contribution in [0.5, 0.6) is 0 Å². The van der Waals surface area contributed by atoms with Crippen molar-refractivity contribution >= 4 is 28.2 Å². The van der Waals surface area contributed by atoms with Gasteiger partial charge in [-0.05, 0) is 66.6 Å². The second kappa shape index (κ2) is 11.1. The summed E-state index contributed by atoms with van der Waals surface area (Å²) in [5.41, 5.74) is 0.0682. The molecule has 1 amide bonds. The number of rotatable bonds is 6. The highest BCUT2D eigenvalue weighted by molar-refractivity contribution is 6.05. The number of anilines is 2. The molecule has 0 spiro atoms. The van der Waals surface area contributed by atoms with E-state index in [2.05, 4.69) is 15.2 Å². The SMILES string of the molecule is O=C(Nc1ccc2[nH]cc(CCN3CCN(c4cccc(C(F)(F)F)c4)CC3)c2c1)c1cc(C(F)(F)F)ccc1F. The second-order valence-electron chi connectivity index (χ2n) is 9.85. The Balaban J connectivity index is 1.21. The fourth-order valence-corrected chi connectivity index (χ4v) is 4.92. The van der Waals surface area contributed by atoms with Crippen LogP contribution in [0.3, 0.4) is 0 Å². The first-order valence-corrected chi connectivity index (χ1v) is 12.8. The quantitative estimate of drug-likeness (QED) is 0.243. The number of hydrogen-bond donors (Lipinski definition) is 2.